The van der Waals surface area contributed by atoms with Gasteiger partial charge in [0.15, 0.2) is 0 Å². The number of halogens is 2. The molecule has 1 N–H and O–H groups in total. The largest absolute Gasteiger partial charge is 0.380 e. The van der Waals surface area contributed by atoms with Crippen LogP contribution >= 0.6 is 11.6 Å². The van der Waals surface area contributed by atoms with Crippen LogP contribution in [0.1, 0.15) is 21.5 Å². The zero-order chi connectivity index (χ0) is 15.2. The molecule has 0 aliphatic heterocycles. The molecule has 0 atom stereocenters. The Kier molecular flexibility index (Phi) is 5.31. The van der Waals surface area contributed by atoms with Crippen LogP contribution in [0.5, 0.6) is 0 Å². The molecule has 2 aromatic carbocycles. The molecule has 0 aromatic heterocycles. The van der Waals surface area contributed by atoms with E-state index in [4.69, 9.17) is 16.3 Å². The van der Waals surface area contributed by atoms with E-state index in [2.05, 4.69) is 5.32 Å². The van der Waals surface area contributed by atoms with Crippen LogP contribution in [0.15, 0.2) is 42.5 Å². The van der Waals surface area contributed by atoms with E-state index in [1.54, 1.807) is 7.11 Å². The van der Waals surface area contributed by atoms with Crippen LogP contribution in [0.2, 0.25) is 5.02 Å². The molecule has 2 aromatic rings. The fourth-order valence-electron chi connectivity index (χ4n) is 1.87. The van der Waals surface area contributed by atoms with Crippen molar-refractivity contribution >= 4 is 17.5 Å². The van der Waals surface area contributed by atoms with Gasteiger partial charge >= 0.3 is 0 Å². The van der Waals surface area contributed by atoms with E-state index in [-0.39, 0.29) is 10.6 Å². The molecule has 5 heteroatoms. The minimum Gasteiger partial charge on any atom is -0.380 e. The molecule has 0 saturated carbocycles. The van der Waals surface area contributed by atoms with Crippen molar-refractivity contribution in [2.45, 2.75) is 13.2 Å². The second-order valence-electron chi connectivity index (χ2n) is 4.56. The molecule has 3 nitrogen and oxygen atoms in total. The molecule has 110 valence electrons. The van der Waals surface area contributed by atoms with Gasteiger partial charge in [-0.25, -0.2) is 4.39 Å². The lowest BCUT2D eigenvalue weighted by molar-refractivity contribution is 0.0947. The van der Waals surface area contributed by atoms with Crippen molar-refractivity contribution in [2.75, 3.05) is 7.11 Å². The summed E-state index contributed by atoms with van der Waals surface area (Å²) in [4.78, 5) is 11.9. The van der Waals surface area contributed by atoms with Gasteiger partial charge in [-0.2, -0.15) is 0 Å². The number of amides is 1. The first-order chi connectivity index (χ1) is 10.1. The van der Waals surface area contributed by atoms with Crippen LogP contribution in [-0.4, -0.2) is 13.0 Å². The molecule has 0 radical (unpaired) electrons. The summed E-state index contributed by atoms with van der Waals surface area (Å²) in [5, 5.41) is 2.94. The zero-order valence-electron chi connectivity index (χ0n) is 11.5. The van der Waals surface area contributed by atoms with Gasteiger partial charge in [0.05, 0.1) is 12.2 Å². The third-order valence-corrected chi connectivity index (χ3v) is 3.20. The Morgan fingerprint density at radius 1 is 1.19 bits per heavy atom. The van der Waals surface area contributed by atoms with Crippen LogP contribution in [0, 0.1) is 5.82 Å². The topological polar surface area (TPSA) is 38.3 Å². The third-order valence-electron chi connectivity index (χ3n) is 2.96. The summed E-state index contributed by atoms with van der Waals surface area (Å²) in [5.41, 5.74) is 1.96. The first kappa shape index (κ1) is 15.5. The smallest absolute Gasteiger partial charge is 0.254 e. The highest BCUT2D eigenvalue weighted by molar-refractivity contribution is 6.30. The summed E-state index contributed by atoms with van der Waals surface area (Å²) in [6, 6.07) is 11.6. The molecule has 0 fully saturated rings. The Morgan fingerprint density at radius 3 is 2.48 bits per heavy atom. The van der Waals surface area contributed by atoms with Crippen molar-refractivity contribution in [1.29, 1.82) is 0 Å². The quantitative estimate of drug-likeness (QED) is 0.917. The van der Waals surface area contributed by atoms with Crippen LogP contribution in [0.4, 0.5) is 4.39 Å². The van der Waals surface area contributed by atoms with Gasteiger partial charge in [0.25, 0.3) is 5.91 Å². The van der Waals surface area contributed by atoms with Gasteiger partial charge in [-0.05, 0) is 29.3 Å². The normalized spacial score (nSPS) is 10.4. The number of carbonyl (C=O) groups excluding carboxylic acids is 1. The number of hydrogen-bond acceptors (Lipinski definition) is 2. The highest BCUT2D eigenvalue weighted by atomic mass is 35.5. The van der Waals surface area contributed by atoms with Gasteiger partial charge in [0.1, 0.15) is 5.82 Å². The molecule has 0 aliphatic carbocycles. The van der Waals surface area contributed by atoms with Gasteiger partial charge in [0, 0.05) is 18.7 Å². The van der Waals surface area contributed by atoms with Gasteiger partial charge in [0.2, 0.25) is 0 Å². The lowest BCUT2D eigenvalue weighted by atomic mass is 10.1. The van der Waals surface area contributed by atoms with Gasteiger partial charge < -0.3 is 10.1 Å². The maximum Gasteiger partial charge on any atom is 0.254 e. The van der Waals surface area contributed by atoms with E-state index >= 15 is 0 Å². The number of benzene rings is 2. The van der Waals surface area contributed by atoms with E-state index in [0.717, 1.165) is 17.2 Å². The van der Waals surface area contributed by atoms with Gasteiger partial charge in [-0.3, -0.25) is 4.79 Å². The second kappa shape index (κ2) is 7.20. The SMILES string of the molecule is COCc1ccc(CNC(=O)c2ccc(Cl)cc2F)cc1. The van der Waals surface area contributed by atoms with E-state index in [1.165, 1.54) is 12.1 Å². The minimum absolute atomic E-state index is 0.0181. The Bertz CT molecular complexity index is 629. The van der Waals surface area contributed by atoms with Crippen molar-refractivity contribution in [3.8, 4) is 0 Å². The number of nitrogens with one attached hydrogen (secondary N) is 1. The fraction of sp³-hybridized carbons (Fsp3) is 0.188. The molecule has 1 amide bonds. The Labute approximate surface area is 127 Å². The summed E-state index contributed by atoms with van der Waals surface area (Å²) >= 11 is 5.65. The summed E-state index contributed by atoms with van der Waals surface area (Å²) < 4.78 is 18.6. The zero-order valence-corrected chi connectivity index (χ0v) is 12.3. The molecule has 0 unspecified atom stereocenters. The Morgan fingerprint density at radius 2 is 1.86 bits per heavy atom. The molecule has 2 rings (SSSR count). The first-order valence-electron chi connectivity index (χ1n) is 6.40. The first-order valence-corrected chi connectivity index (χ1v) is 6.78. The molecule has 0 heterocycles. The van der Waals surface area contributed by atoms with Crippen LogP contribution < -0.4 is 5.32 Å². The molecular weight excluding hydrogens is 293 g/mol. The Hall–Kier alpha value is -1.91. The lowest BCUT2D eigenvalue weighted by Crippen LogP contribution is -2.23. The number of methoxy groups -OCH3 is 1. The predicted octanol–water partition coefficient (Wildman–Crippen LogP) is 3.56. The molecule has 21 heavy (non-hydrogen) atoms. The summed E-state index contributed by atoms with van der Waals surface area (Å²) in [5.74, 6) is -1.10. The average molecular weight is 308 g/mol. The average Bonchev–Trinajstić information content (AvgIpc) is 2.46. The van der Waals surface area contributed by atoms with E-state index in [9.17, 15) is 9.18 Å². The summed E-state index contributed by atoms with van der Waals surface area (Å²) in [6.07, 6.45) is 0. The molecular formula is C16H15ClFNO2. The minimum atomic E-state index is -0.629. The highest BCUT2D eigenvalue weighted by Gasteiger charge is 2.11. The second-order valence-corrected chi connectivity index (χ2v) is 4.99. The third kappa shape index (κ3) is 4.28. The fourth-order valence-corrected chi connectivity index (χ4v) is 2.03. The summed E-state index contributed by atoms with van der Waals surface area (Å²) in [6.45, 7) is 0.872. The number of hydrogen-bond donors (Lipinski definition) is 1. The molecule has 0 bridgehead atoms. The van der Waals surface area contributed by atoms with Crippen molar-refractivity contribution < 1.29 is 13.9 Å². The standard InChI is InChI=1S/C16H15ClFNO2/c1-21-10-12-4-2-11(3-5-12)9-19-16(20)14-7-6-13(17)8-15(14)18/h2-8H,9-10H2,1H3,(H,19,20). The number of rotatable bonds is 5. The maximum absolute atomic E-state index is 13.6. The Balaban J connectivity index is 1.97. The lowest BCUT2D eigenvalue weighted by Gasteiger charge is -2.07. The van der Waals surface area contributed by atoms with Crippen LogP contribution in [0.25, 0.3) is 0 Å². The summed E-state index contributed by atoms with van der Waals surface area (Å²) in [7, 11) is 1.63. The van der Waals surface area contributed by atoms with Crippen molar-refractivity contribution in [3.05, 3.63) is 70.0 Å². The van der Waals surface area contributed by atoms with E-state index in [0.29, 0.717) is 13.2 Å². The maximum atomic E-state index is 13.6. The monoisotopic (exact) mass is 307 g/mol. The highest BCUT2D eigenvalue weighted by Crippen LogP contribution is 2.14. The molecule has 0 spiro atoms. The predicted molar refractivity (Wildman–Crippen MR) is 79.7 cm³/mol. The van der Waals surface area contributed by atoms with Gasteiger partial charge in [-0.15, -0.1) is 0 Å². The van der Waals surface area contributed by atoms with Gasteiger partial charge in [-0.1, -0.05) is 35.9 Å². The number of carbonyl (C=O) groups is 1. The van der Waals surface area contributed by atoms with E-state index < -0.39 is 11.7 Å². The van der Waals surface area contributed by atoms with Crippen LogP contribution in [-0.2, 0) is 17.9 Å². The van der Waals surface area contributed by atoms with Crippen LogP contribution in [0.3, 0.4) is 0 Å². The van der Waals surface area contributed by atoms with E-state index in [1.807, 2.05) is 24.3 Å². The van der Waals surface area contributed by atoms with Crippen molar-refractivity contribution in [2.24, 2.45) is 0 Å². The molecule has 0 saturated heterocycles. The molecule has 0 aliphatic rings. The van der Waals surface area contributed by atoms with Crippen molar-refractivity contribution in [1.82, 2.24) is 5.32 Å². The van der Waals surface area contributed by atoms with Crippen molar-refractivity contribution in [3.63, 3.8) is 0 Å². The number of ether oxygens (including phenoxy) is 1.